The van der Waals surface area contributed by atoms with Crippen LogP contribution in [0.1, 0.15) is 19.3 Å². The quantitative estimate of drug-likeness (QED) is 0.630. The van der Waals surface area contributed by atoms with Crippen LogP contribution in [0.15, 0.2) is 0 Å². The molecule has 0 unspecified atom stereocenters. The van der Waals surface area contributed by atoms with Gasteiger partial charge in [-0.05, 0) is 19.3 Å². The van der Waals surface area contributed by atoms with E-state index in [1.54, 1.807) is 0 Å². The van der Waals surface area contributed by atoms with E-state index in [1.165, 1.54) is 0 Å². The number of nitrogens with zero attached hydrogens (tertiary/aromatic N) is 1. The molecule has 0 aromatic heterocycles. The molecule has 0 aromatic carbocycles. The van der Waals surface area contributed by atoms with Gasteiger partial charge in [-0.2, -0.15) is 0 Å². The first-order valence-electron chi connectivity index (χ1n) is 5.42. The fraction of sp³-hybridized carbons (Fsp3) is 1.00. The predicted molar refractivity (Wildman–Crippen MR) is 54.2 cm³/mol. The molecule has 1 rings (SSSR count). The molecule has 0 aromatic rings. The predicted octanol–water partition coefficient (Wildman–Crippen LogP) is -0.158. The van der Waals surface area contributed by atoms with E-state index in [1.807, 2.05) is 0 Å². The van der Waals surface area contributed by atoms with Crippen LogP contribution in [0.3, 0.4) is 0 Å². The first-order chi connectivity index (χ1) is 6.88. The van der Waals surface area contributed by atoms with Crippen molar-refractivity contribution in [1.82, 2.24) is 4.90 Å². The van der Waals surface area contributed by atoms with E-state index in [0.717, 1.165) is 39.0 Å². The minimum atomic E-state index is 0.197. The highest BCUT2D eigenvalue weighted by atomic mass is 16.5. The summed E-state index contributed by atoms with van der Waals surface area (Å²) in [7, 11) is 0. The maximum atomic E-state index is 8.93. The third-order valence-corrected chi connectivity index (χ3v) is 2.70. The lowest BCUT2D eigenvalue weighted by molar-refractivity contribution is 0.0260. The number of ether oxygens (including phenoxy) is 1. The zero-order chi connectivity index (χ0) is 10.2. The second-order valence-corrected chi connectivity index (χ2v) is 3.68. The monoisotopic (exact) mass is 203 g/mol. The number of hydrogen-bond acceptors (Lipinski definition) is 4. The summed E-state index contributed by atoms with van der Waals surface area (Å²) in [6.07, 6.45) is 2.88. The SMILES string of the molecule is OCCCN(CCO)C1CCOCC1. The maximum Gasteiger partial charge on any atom is 0.0558 e. The van der Waals surface area contributed by atoms with E-state index in [-0.39, 0.29) is 13.2 Å². The van der Waals surface area contributed by atoms with Gasteiger partial charge in [0, 0.05) is 39.0 Å². The van der Waals surface area contributed by atoms with Gasteiger partial charge in [-0.25, -0.2) is 0 Å². The summed E-state index contributed by atoms with van der Waals surface area (Å²) in [5.41, 5.74) is 0. The Hall–Kier alpha value is -0.160. The normalized spacial score (nSPS) is 19.1. The van der Waals surface area contributed by atoms with Crippen LogP contribution in [0, 0.1) is 0 Å². The lowest BCUT2D eigenvalue weighted by Gasteiger charge is -2.33. The van der Waals surface area contributed by atoms with E-state index < -0.39 is 0 Å². The average molecular weight is 203 g/mol. The molecule has 84 valence electrons. The molecule has 1 fully saturated rings. The van der Waals surface area contributed by atoms with E-state index in [9.17, 15) is 0 Å². The zero-order valence-electron chi connectivity index (χ0n) is 8.69. The molecule has 0 atom stereocenters. The van der Waals surface area contributed by atoms with E-state index in [4.69, 9.17) is 14.9 Å². The Morgan fingerprint density at radius 2 is 1.79 bits per heavy atom. The Labute approximate surface area is 85.5 Å². The molecule has 4 heteroatoms. The third kappa shape index (κ3) is 3.92. The van der Waals surface area contributed by atoms with Crippen LogP contribution in [-0.2, 0) is 4.74 Å². The average Bonchev–Trinajstić information content (AvgIpc) is 2.25. The van der Waals surface area contributed by atoms with Gasteiger partial charge in [-0.3, -0.25) is 4.90 Å². The largest absolute Gasteiger partial charge is 0.396 e. The lowest BCUT2D eigenvalue weighted by Crippen LogP contribution is -2.41. The highest BCUT2D eigenvalue weighted by Gasteiger charge is 2.20. The van der Waals surface area contributed by atoms with Gasteiger partial charge >= 0.3 is 0 Å². The van der Waals surface area contributed by atoms with E-state index in [2.05, 4.69) is 4.90 Å². The fourth-order valence-corrected chi connectivity index (χ4v) is 1.93. The van der Waals surface area contributed by atoms with Crippen molar-refractivity contribution in [3.8, 4) is 0 Å². The Balaban J connectivity index is 2.30. The van der Waals surface area contributed by atoms with Crippen LogP contribution >= 0.6 is 0 Å². The summed E-state index contributed by atoms with van der Waals surface area (Å²) in [6.45, 7) is 3.66. The molecule has 0 amide bonds. The molecular weight excluding hydrogens is 182 g/mol. The number of aliphatic hydroxyl groups is 2. The van der Waals surface area contributed by atoms with E-state index in [0.29, 0.717) is 12.6 Å². The molecule has 0 aliphatic carbocycles. The topological polar surface area (TPSA) is 52.9 Å². The minimum Gasteiger partial charge on any atom is -0.396 e. The van der Waals surface area contributed by atoms with E-state index >= 15 is 0 Å². The summed E-state index contributed by atoms with van der Waals surface area (Å²) in [4.78, 5) is 2.26. The van der Waals surface area contributed by atoms with Gasteiger partial charge < -0.3 is 14.9 Å². The Morgan fingerprint density at radius 1 is 1.07 bits per heavy atom. The van der Waals surface area contributed by atoms with Gasteiger partial charge in [0.25, 0.3) is 0 Å². The van der Waals surface area contributed by atoms with Gasteiger partial charge in [-0.15, -0.1) is 0 Å². The van der Waals surface area contributed by atoms with Crippen molar-refractivity contribution in [2.45, 2.75) is 25.3 Å². The third-order valence-electron chi connectivity index (χ3n) is 2.70. The number of aliphatic hydroxyl groups excluding tert-OH is 2. The zero-order valence-corrected chi connectivity index (χ0v) is 8.69. The molecule has 1 saturated heterocycles. The molecule has 1 aliphatic rings. The van der Waals surface area contributed by atoms with Crippen LogP contribution in [0.25, 0.3) is 0 Å². The molecule has 0 radical (unpaired) electrons. The fourth-order valence-electron chi connectivity index (χ4n) is 1.93. The Morgan fingerprint density at radius 3 is 2.36 bits per heavy atom. The van der Waals surface area contributed by atoms with Crippen LogP contribution < -0.4 is 0 Å². The van der Waals surface area contributed by atoms with Crippen molar-refractivity contribution in [2.24, 2.45) is 0 Å². The van der Waals surface area contributed by atoms with Crippen molar-refractivity contribution in [3.05, 3.63) is 0 Å². The highest BCUT2D eigenvalue weighted by Crippen LogP contribution is 2.14. The Bertz CT molecular complexity index is 137. The molecule has 0 bridgehead atoms. The second-order valence-electron chi connectivity index (χ2n) is 3.68. The summed E-state index contributed by atoms with van der Waals surface area (Å²) in [5, 5.41) is 17.7. The van der Waals surface area contributed by atoms with Crippen molar-refractivity contribution < 1.29 is 14.9 Å². The van der Waals surface area contributed by atoms with Crippen LogP contribution in [-0.4, -0.2) is 60.7 Å². The summed E-state index contributed by atoms with van der Waals surface area (Å²) < 4.78 is 5.29. The summed E-state index contributed by atoms with van der Waals surface area (Å²) in [6, 6.07) is 0.530. The van der Waals surface area contributed by atoms with Gasteiger partial charge in [0.1, 0.15) is 0 Å². The molecule has 2 N–H and O–H groups in total. The summed E-state index contributed by atoms with van der Waals surface area (Å²) in [5.74, 6) is 0. The number of rotatable bonds is 6. The van der Waals surface area contributed by atoms with Crippen LogP contribution in [0.2, 0.25) is 0 Å². The first-order valence-corrected chi connectivity index (χ1v) is 5.42. The summed E-state index contributed by atoms with van der Waals surface area (Å²) >= 11 is 0. The molecule has 0 saturated carbocycles. The van der Waals surface area contributed by atoms with Gasteiger partial charge in [-0.1, -0.05) is 0 Å². The van der Waals surface area contributed by atoms with Crippen LogP contribution in [0.5, 0.6) is 0 Å². The van der Waals surface area contributed by atoms with Gasteiger partial charge in [0.05, 0.1) is 6.61 Å². The Kier molecular flexibility index (Phi) is 6.10. The molecule has 0 spiro atoms. The molecule has 1 heterocycles. The van der Waals surface area contributed by atoms with Crippen molar-refractivity contribution in [3.63, 3.8) is 0 Å². The van der Waals surface area contributed by atoms with Crippen molar-refractivity contribution >= 4 is 0 Å². The van der Waals surface area contributed by atoms with Crippen molar-refractivity contribution in [1.29, 1.82) is 0 Å². The van der Waals surface area contributed by atoms with Gasteiger partial charge in [0.15, 0.2) is 0 Å². The number of hydrogen-bond donors (Lipinski definition) is 2. The lowest BCUT2D eigenvalue weighted by atomic mass is 10.1. The molecule has 4 nitrogen and oxygen atoms in total. The first kappa shape index (κ1) is 11.9. The van der Waals surface area contributed by atoms with Gasteiger partial charge in [0.2, 0.25) is 0 Å². The molecular formula is C10H21NO3. The maximum absolute atomic E-state index is 8.93. The highest BCUT2D eigenvalue weighted by molar-refractivity contribution is 4.74. The smallest absolute Gasteiger partial charge is 0.0558 e. The standard InChI is InChI=1S/C10H21NO3/c12-6-1-4-11(5-7-13)10-2-8-14-9-3-10/h10,12-13H,1-9H2. The molecule has 14 heavy (non-hydrogen) atoms. The second kappa shape index (κ2) is 7.17. The van der Waals surface area contributed by atoms with Crippen molar-refractivity contribution in [2.75, 3.05) is 39.5 Å². The minimum absolute atomic E-state index is 0.197. The molecule has 1 aliphatic heterocycles. The van der Waals surface area contributed by atoms with Crippen LogP contribution in [0.4, 0.5) is 0 Å².